The van der Waals surface area contributed by atoms with Gasteiger partial charge in [-0.05, 0) is 25.0 Å². The van der Waals surface area contributed by atoms with Crippen LogP contribution in [-0.4, -0.2) is 9.97 Å². The molecule has 0 radical (unpaired) electrons. The van der Waals surface area contributed by atoms with E-state index in [2.05, 4.69) is 41.2 Å². The van der Waals surface area contributed by atoms with Crippen LogP contribution >= 0.6 is 11.3 Å². The van der Waals surface area contributed by atoms with Crippen LogP contribution in [0.3, 0.4) is 0 Å². The monoisotopic (exact) mass is 269 g/mol. The van der Waals surface area contributed by atoms with Gasteiger partial charge in [0, 0.05) is 22.0 Å². The number of rotatable bonds is 2. The van der Waals surface area contributed by atoms with E-state index in [0.29, 0.717) is 5.13 Å². The van der Waals surface area contributed by atoms with Crippen LogP contribution in [0.25, 0.3) is 22.2 Å². The van der Waals surface area contributed by atoms with Crippen molar-refractivity contribution in [3.63, 3.8) is 0 Å². The maximum absolute atomic E-state index is 5.75. The Bertz CT molecular complexity index is 746. The summed E-state index contributed by atoms with van der Waals surface area (Å²) in [4.78, 5) is 9.08. The average Bonchev–Trinajstić information content (AvgIpc) is 2.83. The summed E-state index contributed by atoms with van der Waals surface area (Å²) in [6, 6.07) is 8.40. The van der Waals surface area contributed by atoms with Crippen molar-refractivity contribution in [1.29, 1.82) is 0 Å². The first-order valence-electron chi connectivity index (χ1n) is 6.29. The molecule has 19 heavy (non-hydrogen) atoms. The van der Waals surface area contributed by atoms with Crippen LogP contribution in [0.2, 0.25) is 0 Å². The molecule has 4 heteroatoms. The number of pyridine rings is 1. The van der Waals surface area contributed by atoms with Crippen molar-refractivity contribution in [2.24, 2.45) is 0 Å². The third-order valence-electron chi connectivity index (χ3n) is 3.23. The highest BCUT2D eigenvalue weighted by Gasteiger charge is 2.11. The number of aromatic nitrogens is 2. The van der Waals surface area contributed by atoms with E-state index in [1.54, 1.807) is 0 Å². The van der Waals surface area contributed by atoms with Crippen LogP contribution < -0.4 is 5.73 Å². The first-order chi connectivity index (χ1) is 9.19. The molecule has 0 aliphatic heterocycles. The fraction of sp³-hybridized carbons (Fsp3) is 0.200. The topological polar surface area (TPSA) is 51.8 Å². The molecule has 2 aromatic heterocycles. The second kappa shape index (κ2) is 4.63. The SMILES string of the molecule is CCc1cccc2c(-c3csc(N)n3)cc(C)nc12. The molecule has 2 heterocycles. The number of aryl methyl sites for hydroxylation is 2. The average molecular weight is 269 g/mol. The second-order valence-corrected chi connectivity index (χ2v) is 5.44. The zero-order valence-electron chi connectivity index (χ0n) is 11.0. The molecule has 0 saturated heterocycles. The summed E-state index contributed by atoms with van der Waals surface area (Å²) in [6.07, 6.45) is 0.979. The summed E-state index contributed by atoms with van der Waals surface area (Å²) in [6.45, 7) is 4.17. The largest absolute Gasteiger partial charge is 0.375 e. The number of hydrogen-bond acceptors (Lipinski definition) is 4. The Kier molecular flexibility index (Phi) is 2.95. The molecule has 0 aliphatic rings. The third kappa shape index (κ3) is 2.08. The van der Waals surface area contributed by atoms with E-state index in [0.717, 1.165) is 34.3 Å². The zero-order valence-corrected chi connectivity index (χ0v) is 11.8. The molecule has 0 aliphatic carbocycles. The molecule has 0 fully saturated rings. The number of fused-ring (bicyclic) bond motifs is 1. The standard InChI is InChI=1S/C15H15N3S/c1-3-10-5-4-6-11-12(7-9(2)17-14(10)11)13-8-19-15(16)18-13/h4-8H,3H2,1-2H3,(H2,16,18). The van der Waals surface area contributed by atoms with Gasteiger partial charge in [-0.15, -0.1) is 11.3 Å². The molecule has 3 nitrogen and oxygen atoms in total. The van der Waals surface area contributed by atoms with Gasteiger partial charge >= 0.3 is 0 Å². The predicted octanol–water partition coefficient (Wildman–Crippen LogP) is 3.81. The fourth-order valence-corrected chi connectivity index (χ4v) is 2.91. The Labute approximate surface area is 116 Å². The van der Waals surface area contributed by atoms with Gasteiger partial charge in [0.15, 0.2) is 5.13 Å². The van der Waals surface area contributed by atoms with Gasteiger partial charge in [0.25, 0.3) is 0 Å². The first kappa shape index (κ1) is 12.1. The van der Waals surface area contributed by atoms with Crippen LogP contribution in [0.4, 0.5) is 5.13 Å². The van der Waals surface area contributed by atoms with Gasteiger partial charge < -0.3 is 5.73 Å². The van der Waals surface area contributed by atoms with Gasteiger partial charge in [0.2, 0.25) is 0 Å². The molecule has 3 rings (SSSR count). The summed E-state index contributed by atoms with van der Waals surface area (Å²) in [5, 5.41) is 3.75. The summed E-state index contributed by atoms with van der Waals surface area (Å²) in [7, 11) is 0. The van der Waals surface area contributed by atoms with Crippen molar-refractivity contribution in [2.75, 3.05) is 5.73 Å². The van der Waals surface area contributed by atoms with Crippen LogP contribution in [0.5, 0.6) is 0 Å². The highest BCUT2D eigenvalue weighted by molar-refractivity contribution is 7.13. The molecular weight excluding hydrogens is 254 g/mol. The van der Waals surface area contributed by atoms with E-state index in [4.69, 9.17) is 5.73 Å². The molecule has 0 atom stereocenters. The lowest BCUT2D eigenvalue weighted by Gasteiger charge is -2.09. The summed E-state index contributed by atoms with van der Waals surface area (Å²) in [5.41, 5.74) is 11.2. The Morgan fingerprint density at radius 1 is 1.26 bits per heavy atom. The van der Waals surface area contributed by atoms with Gasteiger partial charge in [-0.1, -0.05) is 25.1 Å². The van der Waals surface area contributed by atoms with Crippen LogP contribution in [-0.2, 0) is 6.42 Å². The lowest BCUT2D eigenvalue weighted by Crippen LogP contribution is -1.93. The highest BCUT2D eigenvalue weighted by atomic mass is 32.1. The molecule has 2 N–H and O–H groups in total. The zero-order chi connectivity index (χ0) is 13.4. The first-order valence-corrected chi connectivity index (χ1v) is 7.17. The van der Waals surface area contributed by atoms with E-state index in [9.17, 15) is 0 Å². The molecule has 96 valence electrons. The van der Waals surface area contributed by atoms with Gasteiger partial charge in [-0.25, -0.2) is 4.98 Å². The molecule has 1 aromatic carbocycles. The van der Waals surface area contributed by atoms with Crippen molar-refractivity contribution < 1.29 is 0 Å². The lowest BCUT2D eigenvalue weighted by molar-refractivity contribution is 1.13. The Hall–Kier alpha value is -1.94. The third-order valence-corrected chi connectivity index (χ3v) is 3.90. The normalized spacial score (nSPS) is 11.1. The minimum Gasteiger partial charge on any atom is -0.375 e. The number of hydrogen-bond donors (Lipinski definition) is 1. The number of anilines is 1. The van der Waals surface area contributed by atoms with Crippen LogP contribution in [0.15, 0.2) is 29.6 Å². The van der Waals surface area contributed by atoms with Crippen molar-refractivity contribution in [2.45, 2.75) is 20.3 Å². The number of nitrogens with two attached hydrogens (primary N) is 1. The number of benzene rings is 1. The highest BCUT2D eigenvalue weighted by Crippen LogP contribution is 2.31. The minimum absolute atomic E-state index is 0.601. The quantitative estimate of drug-likeness (QED) is 0.769. The van der Waals surface area contributed by atoms with E-state index in [1.165, 1.54) is 16.9 Å². The van der Waals surface area contributed by atoms with E-state index in [-0.39, 0.29) is 0 Å². The lowest BCUT2D eigenvalue weighted by atomic mass is 10.0. The Morgan fingerprint density at radius 3 is 2.79 bits per heavy atom. The maximum atomic E-state index is 5.75. The van der Waals surface area contributed by atoms with Crippen LogP contribution in [0.1, 0.15) is 18.2 Å². The van der Waals surface area contributed by atoms with Gasteiger partial charge in [0.1, 0.15) is 0 Å². The molecule has 0 spiro atoms. The summed E-state index contributed by atoms with van der Waals surface area (Å²) >= 11 is 1.47. The van der Waals surface area contributed by atoms with Crippen molar-refractivity contribution in [3.8, 4) is 11.3 Å². The number of thiazole rings is 1. The fourth-order valence-electron chi connectivity index (χ4n) is 2.34. The Morgan fingerprint density at radius 2 is 2.11 bits per heavy atom. The van der Waals surface area contributed by atoms with E-state index >= 15 is 0 Å². The molecular formula is C15H15N3S. The predicted molar refractivity (Wildman–Crippen MR) is 81.4 cm³/mol. The Balaban J connectivity index is 2.36. The summed E-state index contributed by atoms with van der Waals surface area (Å²) in [5.74, 6) is 0. The molecule has 0 amide bonds. The van der Waals surface area contributed by atoms with Crippen molar-refractivity contribution in [1.82, 2.24) is 9.97 Å². The second-order valence-electron chi connectivity index (χ2n) is 4.55. The number of nitrogens with zero attached hydrogens (tertiary/aromatic N) is 2. The maximum Gasteiger partial charge on any atom is 0.180 e. The molecule has 0 bridgehead atoms. The minimum atomic E-state index is 0.601. The number of nitrogen functional groups attached to an aromatic ring is 1. The van der Waals surface area contributed by atoms with Crippen molar-refractivity contribution in [3.05, 3.63) is 40.9 Å². The van der Waals surface area contributed by atoms with Gasteiger partial charge in [-0.2, -0.15) is 0 Å². The van der Waals surface area contributed by atoms with Crippen molar-refractivity contribution >= 4 is 27.4 Å². The van der Waals surface area contributed by atoms with E-state index < -0.39 is 0 Å². The number of para-hydroxylation sites is 1. The van der Waals surface area contributed by atoms with Gasteiger partial charge in [0.05, 0.1) is 11.2 Å². The van der Waals surface area contributed by atoms with Crippen LogP contribution in [0, 0.1) is 6.92 Å². The molecule has 0 unspecified atom stereocenters. The van der Waals surface area contributed by atoms with E-state index in [1.807, 2.05) is 12.3 Å². The summed E-state index contributed by atoms with van der Waals surface area (Å²) < 4.78 is 0. The smallest absolute Gasteiger partial charge is 0.180 e. The van der Waals surface area contributed by atoms with Gasteiger partial charge in [-0.3, -0.25) is 4.98 Å². The molecule has 0 saturated carbocycles. The molecule has 3 aromatic rings.